The van der Waals surface area contributed by atoms with Gasteiger partial charge in [0.05, 0.1) is 12.1 Å². The van der Waals surface area contributed by atoms with E-state index in [1.165, 1.54) is 0 Å². The lowest BCUT2D eigenvalue weighted by atomic mass is 10.1. The van der Waals surface area contributed by atoms with Crippen LogP contribution < -0.4 is 14.8 Å². The van der Waals surface area contributed by atoms with Crippen LogP contribution >= 0.6 is 0 Å². The molecule has 2 atom stereocenters. The van der Waals surface area contributed by atoms with Crippen LogP contribution in [0.25, 0.3) is 0 Å². The van der Waals surface area contributed by atoms with Crippen LogP contribution in [0.5, 0.6) is 11.5 Å². The number of benzene rings is 1. The van der Waals surface area contributed by atoms with Gasteiger partial charge in [0.2, 0.25) is 6.79 Å². The molecule has 0 radical (unpaired) electrons. The van der Waals surface area contributed by atoms with Gasteiger partial charge in [0.1, 0.15) is 5.60 Å². The van der Waals surface area contributed by atoms with Crippen LogP contribution in [0, 0.1) is 0 Å². The molecule has 0 spiro atoms. The number of piperazine rings is 1. The topological polar surface area (TPSA) is 80.3 Å². The molecule has 0 unspecified atom stereocenters. The number of fused-ring (bicyclic) bond motifs is 1. The normalized spacial score (nSPS) is 21.5. The fourth-order valence-corrected chi connectivity index (χ4v) is 3.34. The molecule has 0 aromatic heterocycles. The van der Waals surface area contributed by atoms with Crippen molar-refractivity contribution in [2.45, 2.75) is 58.8 Å². The van der Waals surface area contributed by atoms with Crippen LogP contribution in [0.2, 0.25) is 0 Å². The van der Waals surface area contributed by atoms with Crippen molar-refractivity contribution in [3.05, 3.63) is 23.8 Å². The van der Waals surface area contributed by atoms with Gasteiger partial charge in [-0.25, -0.2) is 9.59 Å². The van der Waals surface area contributed by atoms with E-state index in [9.17, 15) is 9.59 Å². The number of ether oxygens (including phenoxy) is 3. The molecule has 154 valence electrons. The van der Waals surface area contributed by atoms with Gasteiger partial charge in [-0.1, -0.05) is 6.07 Å². The zero-order valence-electron chi connectivity index (χ0n) is 17.2. The molecule has 3 amide bonds. The summed E-state index contributed by atoms with van der Waals surface area (Å²) in [5.74, 6) is 1.41. The van der Waals surface area contributed by atoms with E-state index in [1.807, 2.05) is 52.8 Å². The molecule has 0 bridgehead atoms. The van der Waals surface area contributed by atoms with Crippen LogP contribution in [0.15, 0.2) is 18.2 Å². The number of rotatable bonds is 2. The Kier molecular flexibility index (Phi) is 5.58. The highest BCUT2D eigenvalue weighted by molar-refractivity contribution is 5.75. The summed E-state index contributed by atoms with van der Waals surface area (Å²) >= 11 is 0. The monoisotopic (exact) mass is 391 g/mol. The maximum absolute atomic E-state index is 12.7. The third-order valence-electron chi connectivity index (χ3n) is 5.03. The van der Waals surface area contributed by atoms with Crippen LogP contribution in [0.1, 0.15) is 40.2 Å². The highest BCUT2D eigenvalue weighted by atomic mass is 16.7. The largest absolute Gasteiger partial charge is 0.454 e. The van der Waals surface area contributed by atoms with Gasteiger partial charge in [-0.05, 0) is 52.3 Å². The molecule has 1 aromatic rings. The minimum absolute atomic E-state index is 0.127. The predicted molar refractivity (Wildman–Crippen MR) is 103 cm³/mol. The first-order valence-electron chi connectivity index (χ1n) is 9.58. The van der Waals surface area contributed by atoms with Gasteiger partial charge in [-0.2, -0.15) is 0 Å². The van der Waals surface area contributed by atoms with Crippen molar-refractivity contribution in [3.8, 4) is 11.5 Å². The van der Waals surface area contributed by atoms with Crippen molar-refractivity contribution in [3.63, 3.8) is 0 Å². The van der Waals surface area contributed by atoms with E-state index in [-0.39, 0.29) is 31.0 Å². The molecule has 2 heterocycles. The second-order valence-electron chi connectivity index (χ2n) is 8.19. The van der Waals surface area contributed by atoms with E-state index in [1.54, 1.807) is 9.80 Å². The third kappa shape index (κ3) is 4.43. The fourth-order valence-electron chi connectivity index (χ4n) is 3.34. The number of nitrogens with zero attached hydrogens (tertiary/aromatic N) is 2. The maximum Gasteiger partial charge on any atom is 0.410 e. The molecule has 1 N–H and O–H groups in total. The number of carbonyl (C=O) groups is 2. The summed E-state index contributed by atoms with van der Waals surface area (Å²) in [6.45, 7) is 10.9. The average Bonchev–Trinajstić information content (AvgIpc) is 3.08. The Hall–Kier alpha value is -2.64. The van der Waals surface area contributed by atoms with Gasteiger partial charge in [-0.15, -0.1) is 0 Å². The van der Waals surface area contributed by atoms with Crippen molar-refractivity contribution in [1.29, 1.82) is 0 Å². The molecule has 0 saturated carbocycles. The molecule has 3 rings (SSSR count). The zero-order valence-corrected chi connectivity index (χ0v) is 17.2. The van der Waals surface area contributed by atoms with Crippen molar-refractivity contribution >= 4 is 12.1 Å². The van der Waals surface area contributed by atoms with E-state index < -0.39 is 5.60 Å². The van der Waals surface area contributed by atoms with Gasteiger partial charge >= 0.3 is 12.1 Å². The Bertz CT molecular complexity index is 746. The van der Waals surface area contributed by atoms with Crippen LogP contribution in [0.3, 0.4) is 0 Å². The molecule has 1 fully saturated rings. The van der Waals surface area contributed by atoms with Crippen molar-refractivity contribution in [2.75, 3.05) is 19.9 Å². The molecule has 0 aliphatic carbocycles. The van der Waals surface area contributed by atoms with E-state index in [2.05, 4.69) is 5.32 Å². The van der Waals surface area contributed by atoms with Gasteiger partial charge in [0.15, 0.2) is 11.5 Å². The highest BCUT2D eigenvalue weighted by Crippen LogP contribution is 2.32. The van der Waals surface area contributed by atoms with E-state index in [4.69, 9.17) is 14.2 Å². The van der Waals surface area contributed by atoms with Gasteiger partial charge < -0.3 is 29.3 Å². The van der Waals surface area contributed by atoms with Gasteiger partial charge in [0.25, 0.3) is 0 Å². The van der Waals surface area contributed by atoms with Crippen molar-refractivity contribution in [2.24, 2.45) is 0 Å². The summed E-state index contributed by atoms with van der Waals surface area (Å²) in [6, 6.07) is 5.20. The Morgan fingerprint density at radius 2 is 1.75 bits per heavy atom. The molecule has 8 heteroatoms. The summed E-state index contributed by atoms with van der Waals surface area (Å²) in [6.07, 6.45) is -0.340. The number of hydrogen-bond donors (Lipinski definition) is 1. The van der Waals surface area contributed by atoms with Crippen LogP contribution in [-0.2, 0) is 11.3 Å². The number of amides is 3. The minimum Gasteiger partial charge on any atom is -0.454 e. The molecular formula is C20H29N3O5. The second-order valence-corrected chi connectivity index (χ2v) is 8.19. The molecule has 2 aliphatic rings. The first kappa shape index (κ1) is 20.1. The van der Waals surface area contributed by atoms with Crippen LogP contribution in [0.4, 0.5) is 9.59 Å². The van der Waals surface area contributed by atoms with Gasteiger partial charge in [-0.3, -0.25) is 0 Å². The van der Waals surface area contributed by atoms with E-state index in [0.29, 0.717) is 25.4 Å². The Morgan fingerprint density at radius 3 is 2.46 bits per heavy atom. The lowest BCUT2D eigenvalue weighted by Gasteiger charge is -2.44. The molecule has 1 aromatic carbocycles. The number of hydrogen-bond acceptors (Lipinski definition) is 5. The van der Waals surface area contributed by atoms with E-state index in [0.717, 1.165) is 11.3 Å². The summed E-state index contributed by atoms with van der Waals surface area (Å²) < 4.78 is 16.1. The number of nitrogens with one attached hydrogen (secondary N) is 1. The smallest absolute Gasteiger partial charge is 0.410 e. The van der Waals surface area contributed by atoms with Crippen molar-refractivity contribution < 1.29 is 23.8 Å². The highest BCUT2D eigenvalue weighted by Gasteiger charge is 2.37. The summed E-state index contributed by atoms with van der Waals surface area (Å²) in [5.41, 5.74) is 0.393. The predicted octanol–water partition coefficient (Wildman–Crippen LogP) is 2.95. The SMILES string of the molecule is C[C@H]1[C@H](C)N(C(=O)OC(C)(C)C)CCN1C(=O)NCc1ccc2c(c1)OCO2. The van der Waals surface area contributed by atoms with Gasteiger partial charge in [0, 0.05) is 19.6 Å². The number of urea groups is 1. The average molecular weight is 391 g/mol. The molecule has 2 aliphatic heterocycles. The third-order valence-corrected chi connectivity index (χ3v) is 5.03. The number of carbonyl (C=O) groups excluding carboxylic acids is 2. The quantitative estimate of drug-likeness (QED) is 0.838. The van der Waals surface area contributed by atoms with E-state index >= 15 is 0 Å². The first-order valence-corrected chi connectivity index (χ1v) is 9.58. The lowest BCUT2D eigenvalue weighted by Crippen LogP contribution is -2.62. The summed E-state index contributed by atoms with van der Waals surface area (Å²) in [4.78, 5) is 28.6. The fraction of sp³-hybridized carbons (Fsp3) is 0.600. The Labute approximate surface area is 165 Å². The summed E-state index contributed by atoms with van der Waals surface area (Å²) in [5, 5.41) is 2.95. The lowest BCUT2D eigenvalue weighted by molar-refractivity contribution is -0.00545. The van der Waals surface area contributed by atoms with Crippen LogP contribution in [-0.4, -0.2) is 59.5 Å². The zero-order chi connectivity index (χ0) is 20.5. The molecule has 1 saturated heterocycles. The molecule has 8 nitrogen and oxygen atoms in total. The Balaban J connectivity index is 1.56. The second kappa shape index (κ2) is 7.77. The summed E-state index contributed by atoms with van der Waals surface area (Å²) in [7, 11) is 0. The Morgan fingerprint density at radius 1 is 1.11 bits per heavy atom. The first-order chi connectivity index (χ1) is 13.2. The molecule has 28 heavy (non-hydrogen) atoms. The molecular weight excluding hydrogens is 362 g/mol. The maximum atomic E-state index is 12.7. The van der Waals surface area contributed by atoms with Crippen molar-refractivity contribution in [1.82, 2.24) is 15.1 Å². The minimum atomic E-state index is -0.542. The standard InChI is InChI=1S/C20H29N3O5/c1-13-14(2)23(19(25)28-20(3,4)5)9-8-22(13)18(24)21-11-15-6-7-16-17(10-15)27-12-26-16/h6-7,10,13-14H,8-9,11-12H2,1-5H3,(H,21,24)/t13-,14-/m0/s1.